The van der Waals surface area contributed by atoms with Gasteiger partial charge in [-0.25, -0.2) is 4.79 Å². The molecular weight excluding hydrogens is 264 g/mol. The molecule has 3 heteroatoms. The number of allylic oxidation sites excluding steroid dienone is 1. The summed E-state index contributed by atoms with van der Waals surface area (Å²) >= 11 is 0. The molecule has 0 atom stereocenters. The third kappa shape index (κ3) is 4.05. The summed E-state index contributed by atoms with van der Waals surface area (Å²) in [6.45, 7) is 3.75. The Morgan fingerprint density at radius 3 is 2.62 bits per heavy atom. The van der Waals surface area contributed by atoms with Crippen LogP contribution < -0.4 is 0 Å². The van der Waals surface area contributed by atoms with Crippen LogP contribution in [-0.4, -0.2) is 23.8 Å². The van der Waals surface area contributed by atoms with Crippen LogP contribution in [0.5, 0.6) is 0 Å². The molecule has 112 valence electrons. The maximum Gasteiger partial charge on any atom is 0.330 e. The average Bonchev–Trinajstić information content (AvgIpc) is 2.53. The number of aliphatic hydroxyl groups excluding tert-OH is 1. The van der Waals surface area contributed by atoms with Gasteiger partial charge in [0, 0.05) is 11.5 Å². The van der Waals surface area contributed by atoms with Crippen LogP contribution in [0.2, 0.25) is 0 Å². The van der Waals surface area contributed by atoms with Crippen molar-refractivity contribution in [3.63, 3.8) is 0 Å². The maximum absolute atomic E-state index is 11.7. The standard InChI is InChI=1S/C18H22O3/c1-2-14-21-17(20)10-13-18(11-8-16(19)9-12-18)15-6-4-3-5-7-15/h2-7,10,13,16,19H,1,8-9,11-12,14H2. The quantitative estimate of drug-likeness (QED) is 0.514. The molecule has 0 saturated heterocycles. The summed E-state index contributed by atoms with van der Waals surface area (Å²) < 4.78 is 4.99. The second-order valence-corrected chi connectivity index (χ2v) is 5.51. The van der Waals surface area contributed by atoms with Crippen LogP contribution in [0.15, 0.2) is 55.1 Å². The van der Waals surface area contributed by atoms with Gasteiger partial charge in [-0.05, 0) is 31.2 Å². The van der Waals surface area contributed by atoms with Gasteiger partial charge in [0.1, 0.15) is 6.61 Å². The normalized spacial score (nSPS) is 25.7. The Balaban J connectivity index is 2.19. The topological polar surface area (TPSA) is 46.5 Å². The molecule has 0 aliphatic heterocycles. The summed E-state index contributed by atoms with van der Waals surface area (Å²) in [5.41, 5.74) is 0.998. The van der Waals surface area contributed by atoms with Gasteiger partial charge in [-0.1, -0.05) is 49.1 Å². The zero-order valence-corrected chi connectivity index (χ0v) is 12.2. The molecule has 0 spiro atoms. The molecule has 0 heterocycles. The van der Waals surface area contributed by atoms with Gasteiger partial charge in [0.05, 0.1) is 6.10 Å². The predicted molar refractivity (Wildman–Crippen MR) is 82.9 cm³/mol. The van der Waals surface area contributed by atoms with E-state index in [1.807, 2.05) is 24.3 Å². The van der Waals surface area contributed by atoms with Crippen LogP contribution in [0.1, 0.15) is 31.2 Å². The van der Waals surface area contributed by atoms with Gasteiger partial charge in [-0.3, -0.25) is 0 Å². The fourth-order valence-corrected chi connectivity index (χ4v) is 2.86. The lowest BCUT2D eigenvalue weighted by Crippen LogP contribution is -2.32. The summed E-state index contributed by atoms with van der Waals surface area (Å²) in [5, 5.41) is 9.76. The Hall–Kier alpha value is -1.87. The van der Waals surface area contributed by atoms with Gasteiger partial charge < -0.3 is 9.84 Å². The average molecular weight is 286 g/mol. The van der Waals surface area contributed by atoms with Gasteiger partial charge in [-0.2, -0.15) is 0 Å². The molecule has 0 radical (unpaired) electrons. The zero-order chi connectivity index (χ0) is 15.1. The van der Waals surface area contributed by atoms with E-state index in [0.29, 0.717) is 0 Å². The molecule has 0 amide bonds. The molecule has 3 nitrogen and oxygen atoms in total. The summed E-state index contributed by atoms with van der Waals surface area (Å²) in [6, 6.07) is 10.2. The molecular formula is C18H22O3. The minimum absolute atomic E-state index is 0.187. The van der Waals surface area contributed by atoms with Gasteiger partial charge >= 0.3 is 5.97 Å². The lowest BCUT2D eigenvalue weighted by Gasteiger charge is -2.37. The number of hydrogen-bond donors (Lipinski definition) is 1. The SMILES string of the molecule is C=CCOC(=O)C=CC1(c2ccccc2)CCC(O)CC1. The highest BCUT2D eigenvalue weighted by Crippen LogP contribution is 2.40. The van der Waals surface area contributed by atoms with E-state index in [-0.39, 0.29) is 24.1 Å². The first-order valence-corrected chi connectivity index (χ1v) is 7.37. The first-order chi connectivity index (χ1) is 10.2. The Bertz CT molecular complexity index is 496. The number of hydrogen-bond acceptors (Lipinski definition) is 3. The van der Waals surface area contributed by atoms with Crippen molar-refractivity contribution in [1.82, 2.24) is 0 Å². The molecule has 21 heavy (non-hydrogen) atoms. The van der Waals surface area contributed by atoms with E-state index in [9.17, 15) is 9.90 Å². The molecule has 0 unspecified atom stereocenters. The highest BCUT2D eigenvalue weighted by atomic mass is 16.5. The third-order valence-corrected chi connectivity index (χ3v) is 4.08. The number of benzene rings is 1. The number of carbonyl (C=O) groups excluding carboxylic acids is 1. The van der Waals surface area contributed by atoms with E-state index in [2.05, 4.69) is 18.7 Å². The second kappa shape index (κ2) is 7.23. The summed E-state index contributed by atoms with van der Waals surface area (Å²) in [5.74, 6) is -0.351. The highest BCUT2D eigenvalue weighted by molar-refractivity contribution is 5.82. The monoisotopic (exact) mass is 286 g/mol. The van der Waals surface area contributed by atoms with E-state index in [1.165, 1.54) is 11.6 Å². The van der Waals surface area contributed by atoms with Crippen LogP contribution in [0.3, 0.4) is 0 Å². The van der Waals surface area contributed by atoms with Crippen LogP contribution in [0, 0.1) is 0 Å². The van der Waals surface area contributed by atoms with Crippen LogP contribution in [-0.2, 0) is 14.9 Å². The van der Waals surface area contributed by atoms with Crippen molar-refractivity contribution in [2.75, 3.05) is 6.61 Å². The Labute approximate surface area is 125 Å². The van der Waals surface area contributed by atoms with Crippen molar-refractivity contribution >= 4 is 5.97 Å². The molecule has 0 aromatic heterocycles. The van der Waals surface area contributed by atoms with Gasteiger partial charge in [0.15, 0.2) is 0 Å². The van der Waals surface area contributed by atoms with Crippen molar-refractivity contribution in [1.29, 1.82) is 0 Å². The number of carbonyl (C=O) groups is 1. The Morgan fingerprint density at radius 1 is 1.33 bits per heavy atom. The molecule has 1 saturated carbocycles. The maximum atomic E-state index is 11.7. The molecule has 1 aliphatic rings. The Morgan fingerprint density at radius 2 is 2.00 bits per heavy atom. The Kier molecular flexibility index (Phi) is 5.34. The smallest absolute Gasteiger partial charge is 0.330 e. The van der Waals surface area contributed by atoms with Crippen LogP contribution in [0.4, 0.5) is 0 Å². The summed E-state index contributed by atoms with van der Waals surface area (Å²) in [4.78, 5) is 11.7. The number of aliphatic hydroxyl groups is 1. The first-order valence-electron chi connectivity index (χ1n) is 7.37. The predicted octanol–water partition coefficient (Wildman–Crippen LogP) is 3.14. The molecule has 1 aromatic carbocycles. The van der Waals surface area contributed by atoms with Gasteiger partial charge in [0.2, 0.25) is 0 Å². The lowest BCUT2D eigenvalue weighted by atomic mass is 9.68. The van der Waals surface area contributed by atoms with E-state index in [0.717, 1.165) is 25.7 Å². The van der Waals surface area contributed by atoms with Gasteiger partial charge in [-0.15, -0.1) is 0 Å². The fourth-order valence-electron chi connectivity index (χ4n) is 2.86. The highest BCUT2D eigenvalue weighted by Gasteiger charge is 2.34. The number of esters is 1. The zero-order valence-electron chi connectivity index (χ0n) is 12.2. The summed E-state index contributed by atoms with van der Waals surface area (Å²) in [6.07, 6.45) is 7.95. The van der Waals surface area contributed by atoms with Crippen LogP contribution >= 0.6 is 0 Å². The minimum atomic E-state index is -0.351. The van der Waals surface area contributed by atoms with E-state index in [4.69, 9.17) is 4.74 Å². The minimum Gasteiger partial charge on any atom is -0.458 e. The molecule has 1 aromatic rings. The van der Waals surface area contributed by atoms with Crippen molar-refractivity contribution in [2.45, 2.75) is 37.2 Å². The van der Waals surface area contributed by atoms with Crippen molar-refractivity contribution in [3.8, 4) is 0 Å². The van der Waals surface area contributed by atoms with Crippen molar-refractivity contribution in [2.24, 2.45) is 0 Å². The van der Waals surface area contributed by atoms with Crippen molar-refractivity contribution in [3.05, 3.63) is 60.7 Å². The van der Waals surface area contributed by atoms with Gasteiger partial charge in [0.25, 0.3) is 0 Å². The fraction of sp³-hybridized carbons (Fsp3) is 0.389. The summed E-state index contributed by atoms with van der Waals surface area (Å²) in [7, 11) is 0. The van der Waals surface area contributed by atoms with Crippen molar-refractivity contribution < 1.29 is 14.6 Å². The molecule has 0 bridgehead atoms. The van der Waals surface area contributed by atoms with E-state index < -0.39 is 0 Å². The largest absolute Gasteiger partial charge is 0.458 e. The third-order valence-electron chi connectivity index (χ3n) is 4.08. The molecule has 1 fully saturated rings. The lowest BCUT2D eigenvalue weighted by molar-refractivity contribution is -0.136. The second-order valence-electron chi connectivity index (χ2n) is 5.51. The molecule has 1 aliphatic carbocycles. The number of rotatable bonds is 5. The first kappa shape index (κ1) is 15.5. The van der Waals surface area contributed by atoms with Crippen LogP contribution in [0.25, 0.3) is 0 Å². The number of ether oxygens (including phenoxy) is 1. The molecule has 1 N–H and O–H groups in total. The van der Waals surface area contributed by atoms with E-state index >= 15 is 0 Å². The van der Waals surface area contributed by atoms with E-state index in [1.54, 1.807) is 6.08 Å². The molecule has 2 rings (SSSR count).